The van der Waals surface area contributed by atoms with Crippen LogP contribution < -0.4 is 10.1 Å². The molecule has 1 aliphatic heterocycles. The molecule has 6 heteroatoms. The third-order valence-corrected chi connectivity index (χ3v) is 5.37. The van der Waals surface area contributed by atoms with Crippen LogP contribution in [-0.4, -0.2) is 41.1 Å². The Morgan fingerprint density at radius 1 is 1.28 bits per heavy atom. The van der Waals surface area contributed by atoms with Gasteiger partial charge in [0, 0.05) is 47.8 Å². The molecule has 2 aliphatic rings. The van der Waals surface area contributed by atoms with Gasteiger partial charge in [0.1, 0.15) is 17.4 Å². The lowest BCUT2D eigenvalue weighted by Crippen LogP contribution is -2.26. The van der Waals surface area contributed by atoms with Crippen LogP contribution in [0.2, 0.25) is 0 Å². The van der Waals surface area contributed by atoms with Gasteiger partial charge in [-0.15, -0.1) is 0 Å². The molecule has 1 N–H and O–H groups in total. The van der Waals surface area contributed by atoms with Gasteiger partial charge in [-0.1, -0.05) is 15.9 Å². The Hall–Kier alpha value is -1.66. The van der Waals surface area contributed by atoms with Gasteiger partial charge in [-0.3, -0.25) is 4.90 Å². The largest absolute Gasteiger partial charge is 0.496 e. The first-order valence-electron chi connectivity index (χ1n) is 8.85. The minimum absolute atomic E-state index is 0.431. The highest BCUT2D eigenvalue weighted by molar-refractivity contribution is 9.10. The molecule has 1 atom stereocenters. The van der Waals surface area contributed by atoms with Crippen LogP contribution in [0.5, 0.6) is 5.75 Å². The van der Waals surface area contributed by atoms with Gasteiger partial charge in [-0.25, -0.2) is 9.97 Å². The number of benzene rings is 1. The van der Waals surface area contributed by atoms with E-state index in [1.165, 1.54) is 18.4 Å². The van der Waals surface area contributed by atoms with Gasteiger partial charge in [-0.2, -0.15) is 0 Å². The molecule has 132 valence electrons. The van der Waals surface area contributed by atoms with E-state index < -0.39 is 0 Å². The standard InChI is InChI=1S/C19H23BrN4O/c1-25-17-5-4-15(20)10-14(17)11-24-9-7-16(12-24)22-18-6-8-21-19(23-18)13-2-3-13/h4-6,8,10,13,16H,2-3,7,9,11-12H2,1H3,(H,21,22,23). The number of nitrogens with one attached hydrogen (secondary N) is 1. The number of rotatable bonds is 6. The van der Waals surface area contributed by atoms with Crippen molar-refractivity contribution in [3.63, 3.8) is 0 Å². The van der Waals surface area contributed by atoms with Crippen molar-refractivity contribution in [2.45, 2.75) is 37.8 Å². The fourth-order valence-electron chi connectivity index (χ4n) is 3.41. The number of likely N-dealkylation sites (tertiary alicyclic amines) is 1. The second kappa shape index (κ2) is 7.30. The average molecular weight is 403 g/mol. The predicted octanol–water partition coefficient (Wildman–Crippen LogP) is 3.81. The fourth-order valence-corrected chi connectivity index (χ4v) is 3.82. The highest BCUT2D eigenvalue weighted by Gasteiger charge is 2.27. The quantitative estimate of drug-likeness (QED) is 0.795. The summed E-state index contributed by atoms with van der Waals surface area (Å²) in [5.74, 6) is 3.50. The lowest BCUT2D eigenvalue weighted by atomic mass is 10.2. The van der Waals surface area contributed by atoms with Gasteiger partial charge in [0.15, 0.2) is 0 Å². The first-order valence-corrected chi connectivity index (χ1v) is 9.65. The van der Waals surface area contributed by atoms with Crippen molar-refractivity contribution in [1.82, 2.24) is 14.9 Å². The van der Waals surface area contributed by atoms with E-state index in [4.69, 9.17) is 4.74 Å². The highest BCUT2D eigenvalue weighted by atomic mass is 79.9. The van der Waals surface area contributed by atoms with Crippen LogP contribution in [0.15, 0.2) is 34.9 Å². The molecule has 1 aromatic heterocycles. The Morgan fingerprint density at radius 3 is 2.96 bits per heavy atom. The molecule has 2 fully saturated rings. The molecular formula is C19H23BrN4O. The minimum Gasteiger partial charge on any atom is -0.496 e. The number of methoxy groups -OCH3 is 1. The molecular weight excluding hydrogens is 380 g/mol. The molecule has 5 nitrogen and oxygen atoms in total. The summed E-state index contributed by atoms with van der Waals surface area (Å²) >= 11 is 3.55. The average Bonchev–Trinajstić information content (AvgIpc) is 3.38. The van der Waals surface area contributed by atoms with E-state index >= 15 is 0 Å². The van der Waals surface area contributed by atoms with Gasteiger partial charge in [0.25, 0.3) is 0 Å². The van der Waals surface area contributed by atoms with Crippen molar-refractivity contribution in [3.8, 4) is 5.75 Å². The maximum absolute atomic E-state index is 5.49. The topological polar surface area (TPSA) is 50.3 Å². The molecule has 1 aliphatic carbocycles. The van der Waals surface area contributed by atoms with Crippen LogP contribution in [0.3, 0.4) is 0 Å². The van der Waals surface area contributed by atoms with Gasteiger partial charge in [-0.05, 0) is 43.5 Å². The minimum atomic E-state index is 0.431. The molecule has 0 spiro atoms. The van der Waals surface area contributed by atoms with Gasteiger partial charge in [0.05, 0.1) is 7.11 Å². The number of aromatic nitrogens is 2. The number of ether oxygens (including phenoxy) is 1. The van der Waals surface area contributed by atoms with Crippen molar-refractivity contribution in [3.05, 3.63) is 46.3 Å². The molecule has 25 heavy (non-hydrogen) atoms. The monoisotopic (exact) mass is 402 g/mol. The molecule has 1 saturated carbocycles. The lowest BCUT2D eigenvalue weighted by Gasteiger charge is -2.19. The van der Waals surface area contributed by atoms with E-state index in [1.54, 1.807) is 7.11 Å². The van der Waals surface area contributed by atoms with E-state index in [1.807, 2.05) is 24.4 Å². The Balaban J connectivity index is 1.37. The number of nitrogens with zero attached hydrogens (tertiary/aromatic N) is 3. The van der Waals surface area contributed by atoms with Crippen LogP contribution >= 0.6 is 15.9 Å². The van der Waals surface area contributed by atoms with E-state index in [9.17, 15) is 0 Å². The third-order valence-electron chi connectivity index (χ3n) is 4.88. The third kappa shape index (κ3) is 4.12. The second-order valence-electron chi connectivity index (χ2n) is 6.90. The van der Waals surface area contributed by atoms with Crippen LogP contribution in [0.25, 0.3) is 0 Å². The summed E-state index contributed by atoms with van der Waals surface area (Å²) in [6.45, 7) is 2.99. The molecule has 0 radical (unpaired) electrons. The Morgan fingerprint density at radius 2 is 2.16 bits per heavy atom. The maximum atomic E-state index is 5.49. The summed E-state index contributed by atoms with van der Waals surface area (Å²) in [7, 11) is 1.73. The van der Waals surface area contributed by atoms with Crippen LogP contribution in [-0.2, 0) is 6.54 Å². The molecule has 1 unspecified atom stereocenters. The molecule has 2 aromatic rings. The molecule has 4 rings (SSSR count). The molecule has 0 amide bonds. The molecule has 1 saturated heterocycles. The molecule has 2 heterocycles. The highest BCUT2D eigenvalue weighted by Crippen LogP contribution is 2.38. The van der Waals surface area contributed by atoms with Crippen LogP contribution in [0, 0.1) is 0 Å². The van der Waals surface area contributed by atoms with Crippen molar-refractivity contribution in [2.24, 2.45) is 0 Å². The summed E-state index contributed by atoms with van der Waals surface area (Å²) in [6.07, 6.45) is 5.46. The summed E-state index contributed by atoms with van der Waals surface area (Å²) in [5.41, 5.74) is 1.22. The van der Waals surface area contributed by atoms with Crippen molar-refractivity contribution in [1.29, 1.82) is 0 Å². The van der Waals surface area contributed by atoms with E-state index in [2.05, 4.69) is 42.2 Å². The Labute approximate surface area is 156 Å². The van der Waals surface area contributed by atoms with Crippen molar-refractivity contribution in [2.75, 3.05) is 25.5 Å². The van der Waals surface area contributed by atoms with Gasteiger partial charge >= 0.3 is 0 Å². The lowest BCUT2D eigenvalue weighted by molar-refractivity contribution is 0.318. The molecule has 0 bridgehead atoms. The maximum Gasteiger partial charge on any atom is 0.133 e. The summed E-state index contributed by atoms with van der Waals surface area (Å²) < 4.78 is 6.58. The smallest absolute Gasteiger partial charge is 0.133 e. The summed E-state index contributed by atoms with van der Waals surface area (Å²) in [6, 6.07) is 8.59. The van der Waals surface area contributed by atoms with E-state index in [-0.39, 0.29) is 0 Å². The normalized spacial score (nSPS) is 20.6. The first kappa shape index (κ1) is 16.8. The number of hydrogen-bond acceptors (Lipinski definition) is 5. The summed E-state index contributed by atoms with van der Waals surface area (Å²) in [4.78, 5) is 11.5. The molecule has 1 aromatic carbocycles. The van der Waals surface area contributed by atoms with Gasteiger partial charge in [0.2, 0.25) is 0 Å². The van der Waals surface area contributed by atoms with Crippen molar-refractivity contribution >= 4 is 21.7 Å². The van der Waals surface area contributed by atoms with Crippen LogP contribution in [0.4, 0.5) is 5.82 Å². The van der Waals surface area contributed by atoms with E-state index in [0.717, 1.165) is 47.9 Å². The number of anilines is 1. The first-order chi connectivity index (χ1) is 12.2. The number of halogens is 1. The van der Waals surface area contributed by atoms with Crippen molar-refractivity contribution < 1.29 is 4.74 Å². The zero-order valence-corrected chi connectivity index (χ0v) is 16.0. The summed E-state index contributed by atoms with van der Waals surface area (Å²) in [5, 5.41) is 3.59. The van der Waals surface area contributed by atoms with E-state index in [0.29, 0.717) is 12.0 Å². The van der Waals surface area contributed by atoms with Gasteiger partial charge < -0.3 is 10.1 Å². The Kier molecular flexibility index (Phi) is 4.90. The number of hydrogen-bond donors (Lipinski definition) is 1. The zero-order chi connectivity index (χ0) is 17.2. The fraction of sp³-hybridized carbons (Fsp3) is 0.474. The SMILES string of the molecule is COc1ccc(Br)cc1CN1CCC(Nc2ccnc(C3CC3)n2)C1. The predicted molar refractivity (Wildman–Crippen MR) is 102 cm³/mol. The van der Waals surface area contributed by atoms with Crippen LogP contribution in [0.1, 0.15) is 36.6 Å². The Bertz CT molecular complexity index is 750. The zero-order valence-electron chi connectivity index (χ0n) is 14.4. The second-order valence-corrected chi connectivity index (χ2v) is 7.81.